The molecule has 8 nitrogen and oxygen atoms in total. The zero-order chi connectivity index (χ0) is 27.3. The fourth-order valence-electron chi connectivity index (χ4n) is 6.33. The zero-order valence-corrected chi connectivity index (χ0v) is 23.1. The van der Waals surface area contributed by atoms with Crippen LogP contribution in [0.1, 0.15) is 48.2 Å². The first-order valence-corrected chi connectivity index (χ1v) is 14.2. The number of nitrogens with one attached hydrogen (secondary N) is 1. The monoisotopic (exact) mass is 530 g/mol. The predicted octanol–water partition coefficient (Wildman–Crippen LogP) is 5.39. The number of H-pyrrole nitrogens is 1. The van der Waals surface area contributed by atoms with Gasteiger partial charge in [-0.1, -0.05) is 18.2 Å². The molecule has 1 atom stereocenters. The highest BCUT2D eigenvalue weighted by Crippen LogP contribution is 2.34. The van der Waals surface area contributed by atoms with Crippen molar-refractivity contribution in [1.82, 2.24) is 35.0 Å². The fraction of sp³-hybridized carbons (Fsp3) is 0.344. The number of aromatic amines is 1. The Labute approximate surface area is 234 Å². The highest BCUT2D eigenvalue weighted by molar-refractivity contribution is 5.92. The van der Waals surface area contributed by atoms with Gasteiger partial charge in [-0.05, 0) is 100 Å². The van der Waals surface area contributed by atoms with E-state index in [9.17, 15) is 0 Å². The van der Waals surface area contributed by atoms with Gasteiger partial charge in [-0.3, -0.25) is 20.0 Å². The van der Waals surface area contributed by atoms with E-state index in [1.807, 2.05) is 38.4 Å². The summed E-state index contributed by atoms with van der Waals surface area (Å²) >= 11 is 0. The van der Waals surface area contributed by atoms with Crippen LogP contribution >= 0.6 is 0 Å². The number of aromatic nitrogens is 6. The maximum Gasteiger partial charge on any atom is 0.181 e. The number of hydrogen-bond donors (Lipinski definition) is 2. The zero-order valence-electron chi connectivity index (χ0n) is 23.1. The van der Waals surface area contributed by atoms with E-state index in [2.05, 4.69) is 54.3 Å². The lowest BCUT2D eigenvalue weighted by molar-refractivity contribution is 0.105. The highest BCUT2D eigenvalue weighted by Gasteiger charge is 2.35. The van der Waals surface area contributed by atoms with Crippen molar-refractivity contribution in [2.75, 3.05) is 13.1 Å². The minimum absolute atomic E-state index is 0.186. The van der Waals surface area contributed by atoms with Crippen LogP contribution in [-0.2, 0) is 12.8 Å². The molecule has 202 valence electrons. The molecule has 0 unspecified atom stereocenters. The fourth-order valence-corrected chi connectivity index (χ4v) is 6.33. The summed E-state index contributed by atoms with van der Waals surface area (Å²) in [6, 6.07) is 13.1. The normalized spacial score (nSPS) is 19.6. The van der Waals surface area contributed by atoms with Crippen molar-refractivity contribution < 1.29 is 0 Å². The van der Waals surface area contributed by atoms with Gasteiger partial charge in [0.25, 0.3) is 0 Å². The molecule has 1 aliphatic heterocycles. The molecule has 0 spiro atoms. The number of nitrogens with two attached hydrogens (primary N) is 1. The number of fused-ring (bicyclic) bond motifs is 2. The number of benzene rings is 1. The molecule has 5 heterocycles. The number of rotatable bonds is 4. The Morgan fingerprint density at radius 3 is 2.40 bits per heavy atom. The molecule has 0 radical (unpaired) electrons. The van der Waals surface area contributed by atoms with Crippen molar-refractivity contribution in [3.05, 3.63) is 77.5 Å². The topological polar surface area (TPSA) is 110 Å². The minimum atomic E-state index is -0.186. The molecule has 1 aliphatic carbocycles. The Balaban J connectivity index is 1.18. The summed E-state index contributed by atoms with van der Waals surface area (Å²) in [4.78, 5) is 21.0. The first-order valence-electron chi connectivity index (χ1n) is 14.2. The number of hydrogen-bond acceptors (Lipinski definition) is 7. The van der Waals surface area contributed by atoms with Gasteiger partial charge in [0.15, 0.2) is 5.65 Å². The van der Waals surface area contributed by atoms with Gasteiger partial charge >= 0.3 is 0 Å². The van der Waals surface area contributed by atoms with Crippen molar-refractivity contribution in [2.24, 2.45) is 5.73 Å². The SMILES string of the molecule is Cc1cnc(C)c(-c2ccc(-c3[nH]nc4ncc(-c5ccc6c(c5)CC[C@@](N)(N5CCCC5)CC6)cc34)nc2)n1. The molecule has 1 fully saturated rings. The van der Waals surface area contributed by atoms with E-state index in [1.165, 1.54) is 29.5 Å². The lowest BCUT2D eigenvalue weighted by Crippen LogP contribution is -2.55. The third kappa shape index (κ3) is 4.47. The summed E-state index contributed by atoms with van der Waals surface area (Å²) in [6.07, 6.45) is 12.1. The summed E-state index contributed by atoms with van der Waals surface area (Å²) in [7, 11) is 0. The third-order valence-electron chi connectivity index (χ3n) is 8.71. The molecule has 2 aliphatic rings. The van der Waals surface area contributed by atoms with Gasteiger partial charge in [0.1, 0.15) is 0 Å². The van der Waals surface area contributed by atoms with E-state index in [-0.39, 0.29) is 5.66 Å². The average Bonchev–Trinajstić information content (AvgIpc) is 3.64. The van der Waals surface area contributed by atoms with E-state index < -0.39 is 0 Å². The van der Waals surface area contributed by atoms with E-state index in [0.29, 0.717) is 5.65 Å². The summed E-state index contributed by atoms with van der Waals surface area (Å²) in [6.45, 7) is 6.18. The molecule has 3 N–H and O–H groups in total. The van der Waals surface area contributed by atoms with Crippen LogP contribution in [0, 0.1) is 13.8 Å². The Bertz CT molecular complexity index is 1700. The van der Waals surface area contributed by atoms with Gasteiger partial charge in [0, 0.05) is 35.1 Å². The average molecular weight is 531 g/mol. The minimum Gasteiger partial charge on any atom is -0.313 e. The molecule has 1 saturated heterocycles. The standard InChI is InChI=1S/C32H34N8/c1-20-17-34-21(2)29(37-20)25-7-8-28(35-18-25)30-27-16-26(19-36-31(27)39-38-30)23-6-5-22-9-11-32(33,12-10-24(22)15-23)40-13-3-4-14-40/h5-8,15-19H,3-4,9-14,33H2,1-2H3,(H,36,38,39)/t32-/m0/s1. The Morgan fingerprint density at radius 1 is 0.825 bits per heavy atom. The summed E-state index contributed by atoms with van der Waals surface area (Å²) in [5.74, 6) is 0. The number of aryl methyl sites for hydroxylation is 4. The second kappa shape index (κ2) is 9.87. The van der Waals surface area contributed by atoms with Crippen LogP contribution in [0.25, 0.3) is 44.8 Å². The van der Waals surface area contributed by atoms with Crippen LogP contribution in [-0.4, -0.2) is 53.8 Å². The first-order chi connectivity index (χ1) is 19.5. The highest BCUT2D eigenvalue weighted by atomic mass is 15.3. The molecular weight excluding hydrogens is 496 g/mol. The molecule has 7 rings (SSSR count). The summed E-state index contributed by atoms with van der Waals surface area (Å²) in [5, 5.41) is 8.57. The van der Waals surface area contributed by atoms with Crippen LogP contribution in [0.2, 0.25) is 0 Å². The van der Waals surface area contributed by atoms with Crippen molar-refractivity contribution in [1.29, 1.82) is 0 Å². The van der Waals surface area contributed by atoms with Gasteiger partial charge in [0.2, 0.25) is 0 Å². The molecule has 0 amide bonds. The van der Waals surface area contributed by atoms with Crippen LogP contribution in [0.15, 0.2) is 55.0 Å². The molecule has 5 aromatic rings. The van der Waals surface area contributed by atoms with Crippen LogP contribution in [0.4, 0.5) is 0 Å². The first kappa shape index (κ1) is 25.0. The Morgan fingerprint density at radius 2 is 1.60 bits per heavy atom. The predicted molar refractivity (Wildman–Crippen MR) is 157 cm³/mol. The molecule has 40 heavy (non-hydrogen) atoms. The van der Waals surface area contributed by atoms with Gasteiger partial charge in [-0.2, -0.15) is 5.10 Å². The lowest BCUT2D eigenvalue weighted by Gasteiger charge is -2.38. The Kier molecular flexibility index (Phi) is 6.17. The smallest absolute Gasteiger partial charge is 0.181 e. The van der Waals surface area contributed by atoms with Crippen LogP contribution in [0.5, 0.6) is 0 Å². The van der Waals surface area contributed by atoms with Crippen molar-refractivity contribution >= 4 is 11.0 Å². The molecule has 4 aromatic heterocycles. The van der Waals surface area contributed by atoms with E-state index in [0.717, 1.165) is 83.8 Å². The van der Waals surface area contributed by atoms with E-state index >= 15 is 0 Å². The van der Waals surface area contributed by atoms with E-state index in [1.54, 1.807) is 6.20 Å². The maximum atomic E-state index is 6.96. The largest absolute Gasteiger partial charge is 0.313 e. The number of pyridine rings is 2. The van der Waals surface area contributed by atoms with Gasteiger partial charge in [-0.25, -0.2) is 9.97 Å². The maximum absolute atomic E-state index is 6.96. The van der Waals surface area contributed by atoms with Crippen molar-refractivity contribution in [2.45, 2.75) is 58.0 Å². The van der Waals surface area contributed by atoms with Crippen LogP contribution < -0.4 is 5.73 Å². The summed E-state index contributed by atoms with van der Waals surface area (Å²) < 4.78 is 0. The second-order valence-corrected chi connectivity index (χ2v) is 11.4. The molecule has 1 aromatic carbocycles. The van der Waals surface area contributed by atoms with Crippen LogP contribution in [0.3, 0.4) is 0 Å². The van der Waals surface area contributed by atoms with E-state index in [4.69, 9.17) is 10.7 Å². The van der Waals surface area contributed by atoms with Gasteiger partial charge < -0.3 is 5.73 Å². The molecule has 0 bridgehead atoms. The van der Waals surface area contributed by atoms with Gasteiger partial charge in [-0.15, -0.1) is 0 Å². The van der Waals surface area contributed by atoms with Crippen molar-refractivity contribution in [3.63, 3.8) is 0 Å². The second-order valence-electron chi connectivity index (χ2n) is 11.4. The quantitative estimate of drug-likeness (QED) is 0.300. The molecule has 0 saturated carbocycles. The third-order valence-corrected chi connectivity index (χ3v) is 8.71. The molecular formula is C32H34N8. The number of likely N-dealkylation sites (tertiary alicyclic amines) is 1. The number of nitrogens with zero attached hydrogens (tertiary/aromatic N) is 6. The Hall–Kier alpha value is -4.01. The summed E-state index contributed by atoms with van der Waals surface area (Å²) in [5.41, 5.74) is 17.8. The van der Waals surface area contributed by atoms with Gasteiger partial charge in [0.05, 0.1) is 34.1 Å². The lowest BCUT2D eigenvalue weighted by atomic mass is 9.96. The molecule has 8 heteroatoms. The van der Waals surface area contributed by atoms with Crippen molar-refractivity contribution in [3.8, 4) is 33.8 Å².